The lowest BCUT2D eigenvalue weighted by molar-refractivity contribution is -0.136. The highest BCUT2D eigenvalue weighted by Gasteiger charge is 2.30. The quantitative estimate of drug-likeness (QED) is 0.818. The van der Waals surface area contributed by atoms with Crippen LogP contribution in [0.25, 0.3) is 0 Å². The molecule has 3 heteroatoms. The molecule has 2 rings (SSSR count). The third-order valence-electron chi connectivity index (χ3n) is 4.78. The molecule has 0 aromatic rings. The van der Waals surface area contributed by atoms with Crippen molar-refractivity contribution in [3.63, 3.8) is 0 Å². The fraction of sp³-hybridized carbons (Fsp3) is 0.933. The predicted molar refractivity (Wildman–Crippen MR) is 74.4 cm³/mol. The summed E-state index contributed by atoms with van der Waals surface area (Å²) in [6, 6.07) is 0.831. The van der Waals surface area contributed by atoms with Gasteiger partial charge in [0, 0.05) is 25.0 Å². The largest absolute Gasteiger partial charge is 0.340 e. The summed E-state index contributed by atoms with van der Waals surface area (Å²) in [5, 5.41) is 3.51. The zero-order valence-corrected chi connectivity index (χ0v) is 12.1. The van der Waals surface area contributed by atoms with E-state index < -0.39 is 0 Å². The Balaban J connectivity index is 1.87. The van der Waals surface area contributed by atoms with E-state index in [2.05, 4.69) is 31.0 Å². The molecule has 18 heavy (non-hydrogen) atoms. The molecule has 0 saturated carbocycles. The predicted octanol–water partition coefficient (Wildman–Crippen LogP) is 2.41. The molecular formula is C15H28N2O. The standard InChI is InChI=1S/C15H28N2O/c1-11-6-8-17(13(3)9-11)15(18)10-14-12(2)5-4-7-16-14/h11-14,16H,4-10H2,1-3H3. The van der Waals surface area contributed by atoms with Crippen LogP contribution < -0.4 is 5.32 Å². The Kier molecular flexibility index (Phi) is 4.66. The molecule has 0 aromatic heterocycles. The van der Waals surface area contributed by atoms with Gasteiger partial charge in [-0.2, -0.15) is 0 Å². The monoisotopic (exact) mass is 252 g/mol. The second-order valence-electron chi connectivity index (χ2n) is 6.45. The summed E-state index contributed by atoms with van der Waals surface area (Å²) in [6.07, 6.45) is 5.55. The Labute approximate surface area is 111 Å². The molecule has 1 N–H and O–H groups in total. The highest BCUT2D eigenvalue weighted by Crippen LogP contribution is 2.24. The first-order chi connectivity index (χ1) is 8.58. The van der Waals surface area contributed by atoms with Crippen LogP contribution in [0.2, 0.25) is 0 Å². The topological polar surface area (TPSA) is 32.3 Å². The second-order valence-corrected chi connectivity index (χ2v) is 6.45. The molecule has 0 bridgehead atoms. The Bertz CT molecular complexity index is 292. The van der Waals surface area contributed by atoms with Gasteiger partial charge in [0.2, 0.25) is 5.91 Å². The minimum absolute atomic E-state index is 0.362. The lowest BCUT2D eigenvalue weighted by atomic mass is 9.89. The molecule has 4 unspecified atom stereocenters. The van der Waals surface area contributed by atoms with Crippen molar-refractivity contribution in [1.82, 2.24) is 10.2 Å². The zero-order valence-electron chi connectivity index (χ0n) is 12.1. The third kappa shape index (κ3) is 3.25. The van der Waals surface area contributed by atoms with Crippen LogP contribution in [0, 0.1) is 11.8 Å². The van der Waals surface area contributed by atoms with Gasteiger partial charge in [-0.15, -0.1) is 0 Å². The molecule has 2 fully saturated rings. The van der Waals surface area contributed by atoms with Crippen molar-refractivity contribution in [1.29, 1.82) is 0 Å². The Morgan fingerprint density at radius 2 is 2.06 bits per heavy atom. The lowest BCUT2D eigenvalue weighted by Crippen LogP contribution is -2.48. The normalized spacial score (nSPS) is 37.6. The van der Waals surface area contributed by atoms with Crippen molar-refractivity contribution in [2.75, 3.05) is 13.1 Å². The van der Waals surface area contributed by atoms with Crippen LogP contribution in [0.3, 0.4) is 0 Å². The highest BCUT2D eigenvalue weighted by atomic mass is 16.2. The molecule has 104 valence electrons. The van der Waals surface area contributed by atoms with Gasteiger partial charge >= 0.3 is 0 Å². The minimum Gasteiger partial charge on any atom is -0.340 e. The first-order valence-electron chi connectivity index (χ1n) is 7.60. The van der Waals surface area contributed by atoms with E-state index in [1.807, 2.05) is 0 Å². The van der Waals surface area contributed by atoms with Gasteiger partial charge < -0.3 is 10.2 Å². The van der Waals surface area contributed by atoms with Gasteiger partial charge in [0.05, 0.1) is 0 Å². The number of hydrogen-bond acceptors (Lipinski definition) is 2. The zero-order chi connectivity index (χ0) is 13.1. The fourth-order valence-corrected chi connectivity index (χ4v) is 3.47. The highest BCUT2D eigenvalue weighted by molar-refractivity contribution is 5.77. The average Bonchev–Trinajstić information content (AvgIpc) is 2.32. The van der Waals surface area contributed by atoms with E-state index >= 15 is 0 Å². The van der Waals surface area contributed by atoms with Gasteiger partial charge in [-0.25, -0.2) is 0 Å². The van der Waals surface area contributed by atoms with Crippen molar-refractivity contribution in [3.8, 4) is 0 Å². The van der Waals surface area contributed by atoms with E-state index in [0.29, 0.717) is 30.3 Å². The Morgan fingerprint density at radius 3 is 2.72 bits per heavy atom. The number of nitrogens with zero attached hydrogens (tertiary/aromatic N) is 1. The summed E-state index contributed by atoms with van der Waals surface area (Å²) in [6.45, 7) is 8.80. The van der Waals surface area contributed by atoms with Crippen molar-refractivity contribution in [2.24, 2.45) is 11.8 Å². The summed E-state index contributed by atoms with van der Waals surface area (Å²) in [4.78, 5) is 14.5. The molecule has 0 spiro atoms. The maximum Gasteiger partial charge on any atom is 0.224 e. The molecule has 3 nitrogen and oxygen atoms in total. The molecular weight excluding hydrogens is 224 g/mol. The van der Waals surface area contributed by atoms with E-state index in [0.717, 1.165) is 19.0 Å². The summed E-state index contributed by atoms with van der Waals surface area (Å²) in [5.74, 6) is 1.78. The van der Waals surface area contributed by atoms with E-state index in [4.69, 9.17) is 0 Å². The molecule has 2 saturated heterocycles. The number of amides is 1. The van der Waals surface area contributed by atoms with Gasteiger partial charge in [-0.3, -0.25) is 4.79 Å². The van der Waals surface area contributed by atoms with Gasteiger partial charge in [0.25, 0.3) is 0 Å². The van der Waals surface area contributed by atoms with E-state index in [1.54, 1.807) is 0 Å². The maximum atomic E-state index is 12.4. The molecule has 0 aliphatic carbocycles. The van der Waals surface area contributed by atoms with E-state index in [9.17, 15) is 4.79 Å². The molecule has 2 aliphatic rings. The van der Waals surface area contributed by atoms with Crippen LogP contribution in [0.4, 0.5) is 0 Å². The molecule has 4 atom stereocenters. The third-order valence-corrected chi connectivity index (χ3v) is 4.78. The second kappa shape index (κ2) is 6.05. The van der Waals surface area contributed by atoms with Gasteiger partial charge in [-0.1, -0.05) is 13.8 Å². The van der Waals surface area contributed by atoms with E-state index in [1.165, 1.54) is 25.7 Å². The van der Waals surface area contributed by atoms with Crippen LogP contribution in [-0.4, -0.2) is 36.0 Å². The average molecular weight is 252 g/mol. The Morgan fingerprint density at radius 1 is 1.28 bits per heavy atom. The molecule has 0 aromatic carbocycles. The number of carbonyl (C=O) groups is 1. The van der Waals surface area contributed by atoms with Crippen molar-refractivity contribution in [2.45, 2.75) is 65.0 Å². The van der Waals surface area contributed by atoms with Crippen LogP contribution >= 0.6 is 0 Å². The number of carbonyl (C=O) groups excluding carboxylic acids is 1. The van der Waals surface area contributed by atoms with Crippen LogP contribution in [0.5, 0.6) is 0 Å². The van der Waals surface area contributed by atoms with Gasteiger partial charge in [-0.05, 0) is 51.0 Å². The maximum absolute atomic E-state index is 12.4. The SMILES string of the molecule is CC1CCN(C(=O)CC2NCCCC2C)C(C)C1. The fourth-order valence-electron chi connectivity index (χ4n) is 3.47. The van der Waals surface area contributed by atoms with Gasteiger partial charge in [0.1, 0.15) is 0 Å². The van der Waals surface area contributed by atoms with Gasteiger partial charge in [0.15, 0.2) is 0 Å². The smallest absolute Gasteiger partial charge is 0.224 e. The summed E-state index contributed by atoms with van der Waals surface area (Å²) >= 11 is 0. The van der Waals surface area contributed by atoms with E-state index in [-0.39, 0.29) is 0 Å². The minimum atomic E-state index is 0.362. The summed E-state index contributed by atoms with van der Waals surface area (Å²) < 4.78 is 0. The summed E-state index contributed by atoms with van der Waals surface area (Å²) in [5.41, 5.74) is 0. The number of likely N-dealkylation sites (tertiary alicyclic amines) is 1. The first-order valence-corrected chi connectivity index (χ1v) is 7.60. The van der Waals surface area contributed by atoms with Crippen molar-refractivity contribution >= 4 is 5.91 Å². The lowest BCUT2D eigenvalue weighted by Gasteiger charge is -2.38. The van der Waals surface area contributed by atoms with Crippen molar-refractivity contribution < 1.29 is 4.79 Å². The number of piperidine rings is 2. The number of nitrogens with one attached hydrogen (secondary N) is 1. The molecule has 2 heterocycles. The van der Waals surface area contributed by atoms with Crippen molar-refractivity contribution in [3.05, 3.63) is 0 Å². The summed E-state index contributed by atoms with van der Waals surface area (Å²) in [7, 11) is 0. The number of rotatable bonds is 2. The van der Waals surface area contributed by atoms with Crippen LogP contribution in [-0.2, 0) is 4.79 Å². The molecule has 0 radical (unpaired) electrons. The molecule has 2 aliphatic heterocycles. The van der Waals surface area contributed by atoms with Crippen LogP contribution in [0.1, 0.15) is 52.9 Å². The Hall–Kier alpha value is -0.570. The molecule has 1 amide bonds. The first kappa shape index (κ1) is 13.9. The van der Waals surface area contributed by atoms with Crippen LogP contribution in [0.15, 0.2) is 0 Å². The number of hydrogen-bond donors (Lipinski definition) is 1.